The molecule has 104 valence electrons. The lowest BCUT2D eigenvalue weighted by atomic mass is 9.82. The van der Waals surface area contributed by atoms with E-state index in [-0.39, 0.29) is 11.8 Å². The van der Waals surface area contributed by atoms with Gasteiger partial charge in [-0.1, -0.05) is 24.6 Å². The number of carbonyl (C=O) groups excluding carboxylic acids is 1. The molecular weight excluding hydrogens is 260 g/mol. The quantitative estimate of drug-likeness (QED) is 0.888. The zero-order valence-electron chi connectivity index (χ0n) is 11.3. The molecule has 2 rings (SSSR count). The molecule has 1 fully saturated rings. The molecule has 1 saturated heterocycles. The molecule has 0 radical (unpaired) electrons. The van der Waals surface area contributed by atoms with Crippen LogP contribution in [0.1, 0.15) is 26.2 Å². The summed E-state index contributed by atoms with van der Waals surface area (Å²) in [7, 11) is 0. The number of carbonyl (C=O) groups is 1. The van der Waals surface area contributed by atoms with Crippen molar-refractivity contribution in [3.05, 3.63) is 29.3 Å². The Balaban J connectivity index is 2.00. The first-order valence-electron chi connectivity index (χ1n) is 6.98. The van der Waals surface area contributed by atoms with E-state index >= 15 is 0 Å². The van der Waals surface area contributed by atoms with Gasteiger partial charge in [0.2, 0.25) is 5.91 Å². The van der Waals surface area contributed by atoms with Crippen LogP contribution in [0, 0.1) is 11.8 Å². The van der Waals surface area contributed by atoms with E-state index in [2.05, 4.69) is 17.6 Å². The maximum absolute atomic E-state index is 12.4. The summed E-state index contributed by atoms with van der Waals surface area (Å²) in [4.78, 5) is 12.4. The lowest BCUT2D eigenvalue weighted by Gasteiger charge is -2.29. The van der Waals surface area contributed by atoms with Gasteiger partial charge in [0.15, 0.2) is 0 Å². The van der Waals surface area contributed by atoms with E-state index in [0.29, 0.717) is 10.9 Å². The fourth-order valence-corrected chi connectivity index (χ4v) is 2.97. The van der Waals surface area contributed by atoms with Gasteiger partial charge >= 0.3 is 0 Å². The van der Waals surface area contributed by atoms with E-state index in [0.717, 1.165) is 38.0 Å². The van der Waals surface area contributed by atoms with E-state index in [1.54, 1.807) is 12.1 Å². The van der Waals surface area contributed by atoms with Crippen LogP contribution >= 0.6 is 11.6 Å². The van der Waals surface area contributed by atoms with Gasteiger partial charge in [-0.25, -0.2) is 0 Å². The van der Waals surface area contributed by atoms with Crippen molar-refractivity contribution in [3.8, 4) is 0 Å². The Morgan fingerprint density at radius 2 is 2.21 bits per heavy atom. The largest absolute Gasteiger partial charge is 0.326 e. The van der Waals surface area contributed by atoms with Crippen molar-refractivity contribution in [1.29, 1.82) is 0 Å². The molecule has 0 saturated carbocycles. The molecule has 1 aliphatic heterocycles. The molecule has 2 N–H and O–H groups in total. The number of rotatable bonds is 4. The molecule has 1 atom stereocenters. The van der Waals surface area contributed by atoms with Gasteiger partial charge in [0.1, 0.15) is 0 Å². The number of hydrogen-bond acceptors (Lipinski definition) is 2. The fourth-order valence-electron chi connectivity index (χ4n) is 2.78. The third-order valence-electron chi connectivity index (χ3n) is 3.82. The van der Waals surface area contributed by atoms with E-state index < -0.39 is 0 Å². The summed E-state index contributed by atoms with van der Waals surface area (Å²) in [5.41, 5.74) is 0.782. The van der Waals surface area contributed by atoms with Gasteiger partial charge in [-0.2, -0.15) is 0 Å². The zero-order valence-corrected chi connectivity index (χ0v) is 12.0. The fraction of sp³-hybridized carbons (Fsp3) is 0.533. The Morgan fingerprint density at radius 3 is 2.84 bits per heavy atom. The highest BCUT2D eigenvalue weighted by Gasteiger charge is 2.27. The first kappa shape index (κ1) is 14.4. The number of piperidine rings is 1. The molecule has 3 nitrogen and oxygen atoms in total. The molecule has 0 aromatic heterocycles. The van der Waals surface area contributed by atoms with Crippen molar-refractivity contribution >= 4 is 23.2 Å². The van der Waals surface area contributed by atoms with Gasteiger partial charge in [-0.15, -0.1) is 0 Å². The zero-order chi connectivity index (χ0) is 13.7. The molecule has 4 heteroatoms. The minimum Gasteiger partial charge on any atom is -0.326 e. The molecule has 0 aliphatic carbocycles. The van der Waals surface area contributed by atoms with Crippen molar-refractivity contribution in [2.24, 2.45) is 11.8 Å². The van der Waals surface area contributed by atoms with Gasteiger partial charge in [-0.05, 0) is 56.5 Å². The van der Waals surface area contributed by atoms with E-state index in [1.165, 1.54) is 0 Å². The predicted octanol–water partition coefficient (Wildman–Crippen LogP) is 3.30. The van der Waals surface area contributed by atoms with Crippen LogP contribution < -0.4 is 10.6 Å². The van der Waals surface area contributed by atoms with E-state index in [4.69, 9.17) is 11.6 Å². The second-order valence-corrected chi connectivity index (χ2v) is 5.54. The van der Waals surface area contributed by atoms with Crippen LogP contribution in [-0.2, 0) is 4.79 Å². The van der Waals surface area contributed by atoms with Crippen LogP contribution in [0.3, 0.4) is 0 Å². The van der Waals surface area contributed by atoms with Crippen LogP contribution in [0.2, 0.25) is 5.02 Å². The molecule has 1 unspecified atom stereocenters. The third-order valence-corrected chi connectivity index (χ3v) is 4.06. The summed E-state index contributed by atoms with van der Waals surface area (Å²) in [6.07, 6.45) is 3.06. The first-order chi connectivity index (χ1) is 9.20. The van der Waals surface area contributed by atoms with Crippen molar-refractivity contribution in [3.63, 3.8) is 0 Å². The van der Waals surface area contributed by atoms with Crippen LogP contribution in [0.5, 0.6) is 0 Å². The minimum absolute atomic E-state index is 0.0982. The van der Waals surface area contributed by atoms with Gasteiger partial charge in [-0.3, -0.25) is 4.79 Å². The van der Waals surface area contributed by atoms with Gasteiger partial charge in [0, 0.05) is 16.6 Å². The monoisotopic (exact) mass is 280 g/mol. The highest BCUT2D eigenvalue weighted by Crippen LogP contribution is 2.26. The normalized spacial score (nSPS) is 18.0. The van der Waals surface area contributed by atoms with Crippen molar-refractivity contribution < 1.29 is 4.79 Å². The highest BCUT2D eigenvalue weighted by atomic mass is 35.5. The number of hydrogen-bond donors (Lipinski definition) is 2. The van der Waals surface area contributed by atoms with Crippen LogP contribution in [0.15, 0.2) is 24.3 Å². The standard InChI is InChI=1S/C15H21ClN2O/c1-2-14(11-6-8-17-9-7-11)15(19)18-13-5-3-4-12(16)10-13/h3-5,10-11,14,17H,2,6-9H2,1H3,(H,18,19). The van der Waals surface area contributed by atoms with Crippen LogP contribution in [-0.4, -0.2) is 19.0 Å². The van der Waals surface area contributed by atoms with Crippen molar-refractivity contribution in [2.45, 2.75) is 26.2 Å². The molecule has 1 amide bonds. The Labute approximate surface area is 119 Å². The molecule has 1 aliphatic rings. The lowest BCUT2D eigenvalue weighted by molar-refractivity contribution is -0.121. The third kappa shape index (κ3) is 3.95. The average molecular weight is 281 g/mol. The van der Waals surface area contributed by atoms with E-state index in [1.807, 2.05) is 12.1 Å². The summed E-state index contributed by atoms with van der Waals surface area (Å²) >= 11 is 5.93. The smallest absolute Gasteiger partial charge is 0.227 e. The maximum Gasteiger partial charge on any atom is 0.227 e. The molecule has 19 heavy (non-hydrogen) atoms. The topological polar surface area (TPSA) is 41.1 Å². The summed E-state index contributed by atoms with van der Waals surface area (Å²) in [6.45, 7) is 4.13. The average Bonchev–Trinajstić information content (AvgIpc) is 2.41. The number of halogens is 1. The maximum atomic E-state index is 12.4. The Morgan fingerprint density at radius 1 is 1.47 bits per heavy atom. The number of benzene rings is 1. The Hall–Kier alpha value is -1.06. The molecule has 0 spiro atoms. The number of amides is 1. The van der Waals surface area contributed by atoms with Crippen LogP contribution in [0.4, 0.5) is 5.69 Å². The van der Waals surface area contributed by atoms with Crippen LogP contribution in [0.25, 0.3) is 0 Å². The first-order valence-corrected chi connectivity index (χ1v) is 7.35. The van der Waals surface area contributed by atoms with E-state index in [9.17, 15) is 4.79 Å². The number of anilines is 1. The Bertz CT molecular complexity index is 430. The summed E-state index contributed by atoms with van der Waals surface area (Å²) in [5.74, 6) is 0.711. The molecule has 1 aromatic rings. The van der Waals surface area contributed by atoms with Crippen molar-refractivity contribution in [2.75, 3.05) is 18.4 Å². The van der Waals surface area contributed by atoms with Crippen molar-refractivity contribution in [1.82, 2.24) is 5.32 Å². The molecule has 0 bridgehead atoms. The lowest BCUT2D eigenvalue weighted by Crippen LogP contribution is -2.36. The second-order valence-electron chi connectivity index (χ2n) is 5.10. The number of nitrogens with one attached hydrogen (secondary N) is 2. The molecule has 1 aromatic carbocycles. The van der Waals surface area contributed by atoms with Gasteiger partial charge < -0.3 is 10.6 Å². The Kier molecular flexibility index (Phi) is 5.23. The minimum atomic E-state index is 0.0982. The highest BCUT2D eigenvalue weighted by molar-refractivity contribution is 6.30. The van der Waals surface area contributed by atoms with Gasteiger partial charge in [0.05, 0.1) is 0 Å². The summed E-state index contributed by atoms with van der Waals surface area (Å²) in [5, 5.41) is 6.97. The van der Waals surface area contributed by atoms with Gasteiger partial charge in [0.25, 0.3) is 0 Å². The summed E-state index contributed by atoms with van der Waals surface area (Å²) in [6, 6.07) is 7.32. The summed E-state index contributed by atoms with van der Waals surface area (Å²) < 4.78 is 0. The predicted molar refractivity (Wildman–Crippen MR) is 79.5 cm³/mol. The SMILES string of the molecule is CCC(C(=O)Nc1cccc(Cl)c1)C1CCNCC1. The second kappa shape index (κ2) is 6.92. The molecular formula is C15H21ClN2O. The molecule has 1 heterocycles.